The smallest absolute Gasteiger partial charge is 0.262 e. The molecular weight excluding hydrogens is 324 g/mol. The molecule has 1 N–H and O–H groups in total. The lowest BCUT2D eigenvalue weighted by Crippen LogP contribution is -2.12. The predicted molar refractivity (Wildman–Crippen MR) is 68.0 cm³/mol. The van der Waals surface area contributed by atoms with E-state index in [1.807, 2.05) is 0 Å². The van der Waals surface area contributed by atoms with Gasteiger partial charge < -0.3 is 9.26 Å². The number of anilines is 1. The molecule has 6 nitrogen and oxygen atoms in total. The number of nitrogens with one attached hydrogen (secondary N) is 1. The molecule has 0 amide bonds. The van der Waals surface area contributed by atoms with Gasteiger partial charge >= 0.3 is 0 Å². The van der Waals surface area contributed by atoms with Crippen LogP contribution in [0.1, 0.15) is 0 Å². The van der Waals surface area contributed by atoms with Crippen LogP contribution in [0.25, 0.3) is 0 Å². The number of nitrogens with zero attached hydrogens (tertiary/aromatic N) is 1. The zero-order valence-electron chi connectivity index (χ0n) is 9.25. The molecule has 1 heterocycles. The minimum Gasteiger partial charge on any atom is -0.496 e. The Balaban J connectivity index is 2.33. The van der Waals surface area contributed by atoms with Gasteiger partial charge in [0, 0.05) is 0 Å². The van der Waals surface area contributed by atoms with Gasteiger partial charge in [0.2, 0.25) is 0 Å². The van der Waals surface area contributed by atoms with E-state index in [4.69, 9.17) is 4.74 Å². The van der Waals surface area contributed by atoms with E-state index in [2.05, 4.69) is 30.3 Å². The van der Waals surface area contributed by atoms with Gasteiger partial charge in [-0.2, -0.15) is 0 Å². The molecule has 8 heteroatoms. The summed E-state index contributed by atoms with van der Waals surface area (Å²) in [6.07, 6.45) is 2.48. The maximum absolute atomic E-state index is 12.0. The monoisotopic (exact) mass is 332 g/mol. The summed E-state index contributed by atoms with van der Waals surface area (Å²) in [5, 5.41) is 3.41. The van der Waals surface area contributed by atoms with Crippen molar-refractivity contribution in [3.8, 4) is 5.75 Å². The van der Waals surface area contributed by atoms with E-state index >= 15 is 0 Å². The molecule has 2 rings (SSSR count). The average Bonchev–Trinajstić information content (AvgIpc) is 2.81. The van der Waals surface area contributed by atoms with Crippen LogP contribution < -0.4 is 9.46 Å². The summed E-state index contributed by atoms with van der Waals surface area (Å²) in [4.78, 5) is 0.108. The van der Waals surface area contributed by atoms with Crippen molar-refractivity contribution in [3.05, 3.63) is 35.1 Å². The van der Waals surface area contributed by atoms with Crippen LogP contribution in [-0.2, 0) is 10.0 Å². The molecule has 0 radical (unpaired) electrons. The molecule has 0 aliphatic heterocycles. The number of hydrogen-bond donors (Lipinski definition) is 1. The number of sulfonamides is 1. The van der Waals surface area contributed by atoms with Gasteiger partial charge in [0.1, 0.15) is 17.7 Å². The van der Waals surface area contributed by atoms with Gasteiger partial charge in [0.15, 0.2) is 0 Å². The number of rotatable bonds is 4. The molecule has 0 unspecified atom stereocenters. The average molecular weight is 333 g/mol. The Bertz CT molecular complexity index is 640. The number of methoxy groups -OCH3 is 1. The maximum Gasteiger partial charge on any atom is 0.262 e. The summed E-state index contributed by atoms with van der Waals surface area (Å²) < 4.78 is 36.5. The number of ether oxygens (including phenoxy) is 1. The van der Waals surface area contributed by atoms with Gasteiger partial charge in [-0.25, -0.2) is 8.42 Å². The van der Waals surface area contributed by atoms with Crippen molar-refractivity contribution in [3.63, 3.8) is 0 Å². The van der Waals surface area contributed by atoms with E-state index < -0.39 is 10.0 Å². The highest BCUT2D eigenvalue weighted by atomic mass is 79.9. The fourth-order valence-electron chi connectivity index (χ4n) is 1.28. The van der Waals surface area contributed by atoms with Gasteiger partial charge in [-0.3, -0.25) is 4.72 Å². The van der Waals surface area contributed by atoms with Gasteiger partial charge in [-0.15, -0.1) is 0 Å². The van der Waals surface area contributed by atoms with Crippen LogP contribution in [0.4, 0.5) is 5.69 Å². The van der Waals surface area contributed by atoms with Gasteiger partial charge in [-0.05, 0) is 34.1 Å². The summed E-state index contributed by atoms with van der Waals surface area (Å²) in [6, 6.07) is 4.46. The minimum atomic E-state index is -3.67. The van der Waals surface area contributed by atoms with Crippen molar-refractivity contribution in [2.75, 3.05) is 11.8 Å². The minimum absolute atomic E-state index is 0.108. The van der Waals surface area contributed by atoms with Crippen molar-refractivity contribution in [2.24, 2.45) is 0 Å². The lowest BCUT2D eigenvalue weighted by Gasteiger charge is -2.08. The molecule has 2 aromatic rings. The zero-order chi connectivity index (χ0) is 13.2. The second-order valence-corrected chi connectivity index (χ2v) is 5.85. The number of benzene rings is 1. The highest BCUT2D eigenvalue weighted by Gasteiger charge is 2.16. The topological polar surface area (TPSA) is 81.4 Å². The number of hydrogen-bond acceptors (Lipinski definition) is 5. The Hall–Kier alpha value is -1.54. The van der Waals surface area contributed by atoms with Crippen molar-refractivity contribution < 1.29 is 17.7 Å². The molecule has 0 spiro atoms. The molecule has 0 aliphatic rings. The SMILES string of the molecule is COc1ccc(S(=O)(=O)Nc2cnoc2)cc1Br. The highest BCUT2D eigenvalue weighted by molar-refractivity contribution is 9.10. The Kier molecular flexibility index (Phi) is 3.58. The highest BCUT2D eigenvalue weighted by Crippen LogP contribution is 2.28. The second-order valence-electron chi connectivity index (χ2n) is 3.31. The fraction of sp³-hybridized carbons (Fsp3) is 0.100. The van der Waals surface area contributed by atoms with E-state index in [1.165, 1.54) is 31.7 Å². The number of aromatic nitrogens is 1. The molecule has 1 aromatic carbocycles. The molecular formula is C10H9BrN2O4S. The van der Waals surface area contributed by atoms with Crippen LogP contribution >= 0.6 is 15.9 Å². The summed E-state index contributed by atoms with van der Waals surface area (Å²) in [7, 11) is -2.16. The van der Waals surface area contributed by atoms with Crippen LogP contribution in [-0.4, -0.2) is 20.7 Å². The summed E-state index contributed by atoms with van der Waals surface area (Å²) >= 11 is 3.23. The van der Waals surface area contributed by atoms with E-state index in [0.717, 1.165) is 0 Å². The molecule has 0 aliphatic carbocycles. The molecule has 96 valence electrons. The predicted octanol–water partition coefficient (Wildman–Crippen LogP) is 2.25. The standard InChI is InChI=1S/C10H9BrN2O4S/c1-16-10-3-2-8(4-9(10)11)18(14,15)13-7-5-12-17-6-7/h2-6,13H,1H3. The summed E-state index contributed by atoms with van der Waals surface area (Å²) in [6.45, 7) is 0. The van der Waals surface area contributed by atoms with Crippen molar-refractivity contribution in [1.29, 1.82) is 0 Å². The second kappa shape index (κ2) is 4.99. The first-order valence-electron chi connectivity index (χ1n) is 4.78. The van der Waals surface area contributed by atoms with Crippen molar-refractivity contribution in [1.82, 2.24) is 5.16 Å². The first-order chi connectivity index (χ1) is 8.53. The Labute approximate surface area is 112 Å². The normalized spacial score (nSPS) is 11.2. The van der Waals surface area contributed by atoms with E-state index in [-0.39, 0.29) is 10.6 Å². The van der Waals surface area contributed by atoms with Crippen LogP contribution in [0, 0.1) is 0 Å². The molecule has 1 aromatic heterocycles. The first-order valence-corrected chi connectivity index (χ1v) is 7.06. The van der Waals surface area contributed by atoms with Gasteiger partial charge in [0.05, 0.1) is 22.7 Å². The van der Waals surface area contributed by atoms with E-state index in [0.29, 0.717) is 10.2 Å². The third-order valence-electron chi connectivity index (χ3n) is 2.12. The fourth-order valence-corrected chi connectivity index (χ4v) is 3.02. The Morgan fingerprint density at radius 3 is 2.78 bits per heavy atom. The lowest BCUT2D eigenvalue weighted by molar-refractivity contribution is 0.411. The van der Waals surface area contributed by atoms with Crippen LogP contribution in [0.15, 0.2) is 44.6 Å². The van der Waals surface area contributed by atoms with Crippen molar-refractivity contribution in [2.45, 2.75) is 4.90 Å². The maximum atomic E-state index is 12.0. The van der Waals surface area contributed by atoms with Crippen molar-refractivity contribution >= 4 is 31.6 Å². The van der Waals surface area contributed by atoms with Crippen LogP contribution in [0.2, 0.25) is 0 Å². The Morgan fingerprint density at radius 1 is 1.44 bits per heavy atom. The van der Waals surface area contributed by atoms with Gasteiger partial charge in [0.25, 0.3) is 10.0 Å². The molecule has 0 fully saturated rings. The lowest BCUT2D eigenvalue weighted by atomic mass is 10.3. The summed E-state index contributed by atoms with van der Waals surface area (Å²) in [5.74, 6) is 0.555. The Morgan fingerprint density at radius 2 is 2.22 bits per heavy atom. The van der Waals surface area contributed by atoms with E-state index in [1.54, 1.807) is 6.07 Å². The van der Waals surface area contributed by atoms with Gasteiger partial charge in [-0.1, -0.05) is 5.16 Å². The quantitative estimate of drug-likeness (QED) is 0.928. The molecule has 0 saturated heterocycles. The molecule has 0 bridgehead atoms. The largest absolute Gasteiger partial charge is 0.496 e. The molecule has 0 saturated carbocycles. The molecule has 18 heavy (non-hydrogen) atoms. The third-order valence-corrected chi connectivity index (χ3v) is 4.12. The number of halogens is 1. The van der Waals surface area contributed by atoms with Crippen LogP contribution in [0.3, 0.4) is 0 Å². The van der Waals surface area contributed by atoms with E-state index in [9.17, 15) is 8.42 Å². The third kappa shape index (κ3) is 2.65. The van der Waals surface area contributed by atoms with Crippen LogP contribution in [0.5, 0.6) is 5.75 Å². The first kappa shape index (κ1) is 12.9. The zero-order valence-corrected chi connectivity index (χ0v) is 11.7. The summed E-state index contributed by atoms with van der Waals surface area (Å²) in [5.41, 5.74) is 0.266. The molecule has 0 atom stereocenters.